The molecular weight excluding hydrogens is 490 g/mol. The van der Waals surface area contributed by atoms with Crippen LogP contribution in [0.15, 0.2) is 53.6 Å². The molecule has 6 rings (SSSR count). The van der Waals surface area contributed by atoms with Crippen molar-refractivity contribution in [3.63, 3.8) is 0 Å². The van der Waals surface area contributed by atoms with E-state index in [0.717, 1.165) is 74.1 Å². The van der Waals surface area contributed by atoms with Gasteiger partial charge in [-0.05, 0) is 49.9 Å². The highest BCUT2D eigenvalue weighted by Gasteiger charge is 2.25. The maximum Gasteiger partial charge on any atom is 0.260 e. The number of rotatable bonds is 6. The number of nitrogens with zero attached hydrogens (tertiary/aromatic N) is 5. The Morgan fingerprint density at radius 1 is 1.00 bits per heavy atom. The monoisotopic (exact) mass is 523 g/mol. The summed E-state index contributed by atoms with van der Waals surface area (Å²) in [5.74, 6) is 1.07. The number of carbonyl (C=O) groups excluding carboxylic acids is 1. The molecule has 1 aliphatic heterocycles. The standard InChI is InChI=1S/C30H33N7O2/c1-19-25-18-33-30(34-26-12-11-24(17-32-26)36-15-13-31-14-16-36)35-28(25)37(23-5-3-4-6-23)29(39)27(19)22-9-7-21(8-10-22)20(2)38/h7-12,17-18,23,31H,3-6,13-16H2,1-2H3,(H,32,33,34,35). The summed E-state index contributed by atoms with van der Waals surface area (Å²) in [6.45, 7) is 7.36. The largest absolute Gasteiger partial charge is 0.368 e. The number of anilines is 3. The van der Waals surface area contributed by atoms with Crippen LogP contribution in [0.1, 0.15) is 54.6 Å². The highest BCUT2D eigenvalue weighted by Crippen LogP contribution is 2.34. The average molecular weight is 524 g/mol. The van der Waals surface area contributed by atoms with Crippen LogP contribution in [0.2, 0.25) is 0 Å². The lowest BCUT2D eigenvalue weighted by molar-refractivity contribution is 0.101. The molecule has 3 aromatic heterocycles. The smallest absolute Gasteiger partial charge is 0.260 e. The first-order valence-corrected chi connectivity index (χ1v) is 13.7. The lowest BCUT2D eigenvalue weighted by Crippen LogP contribution is -2.43. The summed E-state index contributed by atoms with van der Waals surface area (Å²) in [5, 5.41) is 7.45. The highest BCUT2D eigenvalue weighted by atomic mass is 16.1. The molecule has 39 heavy (non-hydrogen) atoms. The lowest BCUT2D eigenvalue weighted by Gasteiger charge is -2.29. The van der Waals surface area contributed by atoms with E-state index in [1.54, 1.807) is 25.3 Å². The van der Waals surface area contributed by atoms with Crippen LogP contribution in [0, 0.1) is 6.92 Å². The summed E-state index contributed by atoms with van der Waals surface area (Å²) in [7, 11) is 0. The summed E-state index contributed by atoms with van der Waals surface area (Å²) in [6.07, 6.45) is 7.75. The second kappa shape index (κ2) is 10.6. The summed E-state index contributed by atoms with van der Waals surface area (Å²) < 4.78 is 1.87. The average Bonchev–Trinajstić information content (AvgIpc) is 3.49. The molecule has 1 saturated heterocycles. The van der Waals surface area contributed by atoms with Crippen LogP contribution in [0.3, 0.4) is 0 Å². The van der Waals surface area contributed by atoms with E-state index in [9.17, 15) is 9.59 Å². The topological polar surface area (TPSA) is 105 Å². The Hall–Kier alpha value is -4.11. The van der Waals surface area contributed by atoms with Crippen LogP contribution < -0.4 is 21.1 Å². The Labute approximate surface area is 227 Å². The van der Waals surface area contributed by atoms with Gasteiger partial charge in [-0.1, -0.05) is 37.1 Å². The molecule has 1 saturated carbocycles. The third-order valence-electron chi connectivity index (χ3n) is 7.95. The third kappa shape index (κ3) is 4.90. The van der Waals surface area contributed by atoms with Gasteiger partial charge >= 0.3 is 0 Å². The van der Waals surface area contributed by atoms with Crippen molar-refractivity contribution in [1.82, 2.24) is 24.8 Å². The molecule has 1 aromatic carbocycles. The van der Waals surface area contributed by atoms with E-state index in [2.05, 4.69) is 31.6 Å². The lowest BCUT2D eigenvalue weighted by atomic mass is 9.98. The predicted octanol–water partition coefficient (Wildman–Crippen LogP) is 4.63. The number of Topliss-reactive ketones (excluding diaryl/α,β-unsaturated/α-hetero) is 1. The van der Waals surface area contributed by atoms with E-state index >= 15 is 0 Å². The van der Waals surface area contributed by atoms with Gasteiger partial charge in [0, 0.05) is 49.4 Å². The van der Waals surface area contributed by atoms with Gasteiger partial charge in [0.05, 0.1) is 17.4 Å². The quantitative estimate of drug-likeness (QED) is 0.353. The fourth-order valence-corrected chi connectivity index (χ4v) is 5.79. The molecule has 9 nitrogen and oxygen atoms in total. The number of nitrogens with one attached hydrogen (secondary N) is 2. The van der Waals surface area contributed by atoms with E-state index in [1.165, 1.54) is 0 Å². The normalized spacial score (nSPS) is 16.1. The van der Waals surface area contributed by atoms with Crippen molar-refractivity contribution in [1.29, 1.82) is 0 Å². The highest BCUT2D eigenvalue weighted by molar-refractivity contribution is 5.95. The van der Waals surface area contributed by atoms with Gasteiger partial charge in [0.1, 0.15) is 11.5 Å². The Balaban J connectivity index is 1.39. The molecule has 2 fully saturated rings. The Bertz CT molecular complexity index is 1570. The minimum absolute atomic E-state index is 0.00139. The van der Waals surface area contributed by atoms with Crippen LogP contribution >= 0.6 is 0 Å². The number of piperazine rings is 1. The number of carbonyl (C=O) groups is 1. The van der Waals surface area contributed by atoms with Gasteiger partial charge in [0.25, 0.3) is 5.56 Å². The van der Waals surface area contributed by atoms with Gasteiger partial charge in [-0.15, -0.1) is 0 Å². The minimum atomic E-state index is -0.0503. The Kier molecular flexibility index (Phi) is 6.83. The van der Waals surface area contributed by atoms with Gasteiger partial charge < -0.3 is 15.5 Å². The number of aryl methyl sites for hydroxylation is 1. The Morgan fingerprint density at radius 3 is 2.41 bits per heavy atom. The second-order valence-corrected chi connectivity index (χ2v) is 10.4. The van der Waals surface area contributed by atoms with Crippen molar-refractivity contribution in [3.8, 4) is 11.1 Å². The van der Waals surface area contributed by atoms with E-state index in [4.69, 9.17) is 4.98 Å². The van der Waals surface area contributed by atoms with Crippen molar-refractivity contribution in [3.05, 3.63) is 70.3 Å². The first kappa shape index (κ1) is 25.2. The number of ketones is 1. The Morgan fingerprint density at radius 2 is 1.74 bits per heavy atom. The first-order valence-electron chi connectivity index (χ1n) is 13.7. The van der Waals surface area contributed by atoms with Crippen molar-refractivity contribution < 1.29 is 4.79 Å². The van der Waals surface area contributed by atoms with Crippen LogP contribution in [-0.2, 0) is 0 Å². The van der Waals surface area contributed by atoms with Crippen molar-refractivity contribution in [2.45, 2.75) is 45.6 Å². The van der Waals surface area contributed by atoms with Gasteiger partial charge in [-0.2, -0.15) is 4.98 Å². The number of benzene rings is 1. The summed E-state index contributed by atoms with van der Waals surface area (Å²) in [6, 6.07) is 11.4. The molecular formula is C30H33N7O2. The third-order valence-corrected chi connectivity index (χ3v) is 7.95. The number of fused-ring (bicyclic) bond motifs is 1. The molecule has 0 amide bonds. The van der Waals surface area contributed by atoms with Gasteiger partial charge in [-0.25, -0.2) is 9.97 Å². The molecule has 4 aromatic rings. The van der Waals surface area contributed by atoms with E-state index in [1.807, 2.05) is 35.9 Å². The first-order chi connectivity index (χ1) is 19.0. The maximum absolute atomic E-state index is 14.1. The maximum atomic E-state index is 14.1. The van der Waals surface area contributed by atoms with Gasteiger partial charge in [0.2, 0.25) is 5.95 Å². The van der Waals surface area contributed by atoms with Crippen LogP contribution in [0.5, 0.6) is 0 Å². The zero-order chi connectivity index (χ0) is 26.9. The SMILES string of the molecule is CC(=O)c1ccc(-c2c(C)c3cnc(Nc4ccc(N5CCNCC5)cn4)nc3n(C3CCCC3)c2=O)cc1. The second-order valence-electron chi connectivity index (χ2n) is 10.4. The number of hydrogen-bond acceptors (Lipinski definition) is 8. The fourth-order valence-electron chi connectivity index (χ4n) is 5.79. The molecule has 0 unspecified atom stereocenters. The molecule has 0 atom stereocenters. The molecule has 200 valence electrons. The molecule has 2 N–H and O–H groups in total. The zero-order valence-electron chi connectivity index (χ0n) is 22.4. The van der Waals surface area contributed by atoms with Gasteiger partial charge in [0.15, 0.2) is 5.78 Å². The number of pyridine rings is 2. The molecule has 4 heterocycles. The van der Waals surface area contributed by atoms with E-state index in [-0.39, 0.29) is 17.4 Å². The molecule has 1 aliphatic carbocycles. The van der Waals surface area contributed by atoms with Crippen molar-refractivity contribution in [2.75, 3.05) is 36.4 Å². The summed E-state index contributed by atoms with van der Waals surface area (Å²) in [5.41, 5.74) is 4.59. The molecule has 0 bridgehead atoms. The van der Waals surface area contributed by atoms with Crippen LogP contribution in [0.25, 0.3) is 22.2 Å². The summed E-state index contributed by atoms with van der Waals surface area (Å²) >= 11 is 0. The molecule has 0 spiro atoms. The van der Waals surface area contributed by atoms with E-state index in [0.29, 0.717) is 28.5 Å². The van der Waals surface area contributed by atoms with Crippen molar-refractivity contribution >= 4 is 34.3 Å². The van der Waals surface area contributed by atoms with Gasteiger partial charge in [-0.3, -0.25) is 14.2 Å². The fraction of sp³-hybridized carbons (Fsp3) is 0.367. The summed E-state index contributed by atoms with van der Waals surface area (Å²) in [4.78, 5) is 42.2. The van der Waals surface area contributed by atoms with Crippen LogP contribution in [0.4, 0.5) is 17.5 Å². The van der Waals surface area contributed by atoms with E-state index < -0.39 is 0 Å². The van der Waals surface area contributed by atoms with Crippen molar-refractivity contribution in [2.24, 2.45) is 0 Å². The number of aromatic nitrogens is 4. The predicted molar refractivity (Wildman–Crippen MR) is 154 cm³/mol. The molecule has 9 heteroatoms. The molecule has 2 aliphatic rings. The number of hydrogen-bond donors (Lipinski definition) is 2. The van der Waals surface area contributed by atoms with Crippen LogP contribution in [-0.4, -0.2) is 51.5 Å². The minimum Gasteiger partial charge on any atom is -0.368 e. The molecule has 0 radical (unpaired) electrons. The zero-order valence-corrected chi connectivity index (χ0v) is 22.4.